The molecule has 2 amide bonds. The summed E-state index contributed by atoms with van der Waals surface area (Å²) >= 11 is 1.00. The molecular weight excluding hydrogens is 314 g/mol. The van der Waals surface area contributed by atoms with Crippen LogP contribution in [0.5, 0.6) is 0 Å². The van der Waals surface area contributed by atoms with Crippen LogP contribution in [-0.2, 0) is 11.2 Å². The first kappa shape index (κ1) is 15.3. The number of hydrogen-bond acceptors (Lipinski definition) is 4. The number of carbonyl (C=O) groups excluding carboxylic acids is 2. The highest BCUT2D eigenvalue weighted by atomic mass is 32.2. The highest BCUT2D eigenvalue weighted by Crippen LogP contribution is 2.33. The molecule has 3 rings (SSSR count). The maximum atomic E-state index is 12.5. The number of nitrogens with zero attached hydrogens (tertiary/aromatic N) is 1. The number of carboxylic acid groups (broad SMARTS) is 1. The number of anilines is 1. The fraction of sp³-hybridized carbons (Fsp3) is 0.118. The van der Waals surface area contributed by atoms with Gasteiger partial charge in [-0.25, -0.2) is 9.69 Å². The van der Waals surface area contributed by atoms with Gasteiger partial charge in [-0.05, 0) is 36.2 Å². The van der Waals surface area contributed by atoms with E-state index in [1.807, 2.05) is 6.07 Å². The molecule has 1 atom stereocenters. The number of benzene rings is 2. The number of thioether (sulfide) groups is 1. The van der Waals surface area contributed by atoms with Gasteiger partial charge in [0.25, 0.3) is 5.24 Å². The summed E-state index contributed by atoms with van der Waals surface area (Å²) < 4.78 is 0. The monoisotopic (exact) mass is 327 g/mol. The lowest BCUT2D eigenvalue weighted by molar-refractivity contribution is -0.117. The number of rotatable bonds is 4. The standard InChI is InChI=1S/C17H13NO4S/c19-15-14(10-11-6-8-12(9-7-11)16(20)21)23-17(22)18(15)13-4-2-1-3-5-13/h1-9,14H,10H2,(H,20,21). The Kier molecular flexibility index (Phi) is 4.16. The Morgan fingerprint density at radius 2 is 1.70 bits per heavy atom. The van der Waals surface area contributed by atoms with E-state index in [1.54, 1.807) is 36.4 Å². The molecule has 23 heavy (non-hydrogen) atoms. The fourth-order valence-electron chi connectivity index (χ4n) is 2.39. The molecule has 0 aromatic heterocycles. The number of aromatic carboxylic acids is 1. The van der Waals surface area contributed by atoms with Crippen molar-refractivity contribution in [3.63, 3.8) is 0 Å². The molecule has 2 aromatic carbocycles. The van der Waals surface area contributed by atoms with E-state index in [1.165, 1.54) is 17.0 Å². The van der Waals surface area contributed by atoms with Crippen molar-refractivity contribution in [1.29, 1.82) is 0 Å². The SMILES string of the molecule is O=C(O)c1ccc(CC2SC(=O)N(c3ccccc3)C2=O)cc1. The van der Waals surface area contributed by atoms with E-state index in [0.29, 0.717) is 12.1 Å². The van der Waals surface area contributed by atoms with Crippen molar-refractivity contribution >= 4 is 34.6 Å². The van der Waals surface area contributed by atoms with E-state index in [2.05, 4.69) is 0 Å². The largest absolute Gasteiger partial charge is 0.478 e. The van der Waals surface area contributed by atoms with Crippen LogP contribution in [0.15, 0.2) is 54.6 Å². The zero-order chi connectivity index (χ0) is 16.4. The van der Waals surface area contributed by atoms with Crippen molar-refractivity contribution in [1.82, 2.24) is 0 Å². The van der Waals surface area contributed by atoms with E-state index in [4.69, 9.17) is 5.11 Å². The Labute approximate surface area is 136 Å². The number of hydrogen-bond donors (Lipinski definition) is 1. The van der Waals surface area contributed by atoms with Gasteiger partial charge in [0, 0.05) is 0 Å². The van der Waals surface area contributed by atoms with E-state index >= 15 is 0 Å². The molecule has 1 fully saturated rings. The highest BCUT2D eigenvalue weighted by molar-refractivity contribution is 8.15. The van der Waals surface area contributed by atoms with Gasteiger partial charge in [0.15, 0.2) is 0 Å². The minimum absolute atomic E-state index is 0.196. The molecule has 0 radical (unpaired) electrons. The summed E-state index contributed by atoms with van der Waals surface area (Å²) in [5.74, 6) is -1.23. The Morgan fingerprint density at radius 1 is 1.04 bits per heavy atom. The van der Waals surface area contributed by atoms with Crippen molar-refractivity contribution < 1.29 is 19.5 Å². The summed E-state index contributed by atoms with van der Waals surface area (Å²) in [6.45, 7) is 0. The molecule has 1 N–H and O–H groups in total. The topological polar surface area (TPSA) is 74.7 Å². The second-order valence-electron chi connectivity index (χ2n) is 5.09. The first-order valence-electron chi connectivity index (χ1n) is 6.98. The van der Waals surface area contributed by atoms with E-state index < -0.39 is 11.2 Å². The number of para-hydroxylation sites is 1. The van der Waals surface area contributed by atoms with Crippen molar-refractivity contribution in [3.05, 3.63) is 65.7 Å². The van der Waals surface area contributed by atoms with Gasteiger partial charge in [-0.3, -0.25) is 9.59 Å². The van der Waals surface area contributed by atoms with Crippen LogP contribution in [0.1, 0.15) is 15.9 Å². The molecular formula is C17H13NO4S. The van der Waals surface area contributed by atoms with Gasteiger partial charge in [-0.2, -0.15) is 0 Å². The molecule has 5 nitrogen and oxygen atoms in total. The van der Waals surface area contributed by atoms with E-state index in [0.717, 1.165) is 17.3 Å². The molecule has 1 saturated heterocycles. The first-order chi connectivity index (χ1) is 11.1. The molecule has 1 aliphatic heterocycles. The number of amides is 2. The zero-order valence-electron chi connectivity index (χ0n) is 12.0. The van der Waals surface area contributed by atoms with Crippen molar-refractivity contribution in [3.8, 4) is 0 Å². The van der Waals surface area contributed by atoms with Crippen LogP contribution in [0.3, 0.4) is 0 Å². The summed E-state index contributed by atoms with van der Waals surface area (Å²) in [7, 11) is 0. The van der Waals surface area contributed by atoms with Crippen LogP contribution in [0, 0.1) is 0 Å². The molecule has 1 aliphatic rings. The van der Waals surface area contributed by atoms with E-state index in [-0.39, 0.29) is 16.7 Å². The second kappa shape index (κ2) is 6.26. The molecule has 0 saturated carbocycles. The van der Waals surface area contributed by atoms with Gasteiger partial charge in [-0.15, -0.1) is 0 Å². The molecule has 1 unspecified atom stereocenters. The third-order valence-electron chi connectivity index (χ3n) is 3.56. The van der Waals surface area contributed by atoms with Crippen LogP contribution in [0.4, 0.5) is 10.5 Å². The Morgan fingerprint density at radius 3 is 2.30 bits per heavy atom. The summed E-state index contributed by atoms with van der Waals surface area (Å²) in [6, 6.07) is 15.2. The normalized spacial score (nSPS) is 17.6. The lowest BCUT2D eigenvalue weighted by Gasteiger charge is -2.13. The second-order valence-corrected chi connectivity index (χ2v) is 6.24. The van der Waals surface area contributed by atoms with Gasteiger partial charge < -0.3 is 5.11 Å². The molecule has 0 spiro atoms. The van der Waals surface area contributed by atoms with Crippen LogP contribution in [0.2, 0.25) is 0 Å². The maximum absolute atomic E-state index is 12.5. The lowest BCUT2D eigenvalue weighted by Crippen LogP contribution is -2.32. The van der Waals surface area contributed by atoms with Gasteiger partial charge in [0.1, 0.15) is 0 Å². The Balaban J connectivity index is 1.76. The minimum atomic E-state index is -0.992. The van der Waals surface area contributed by atoms with Crippen molar-refractivity contribution in [2.24, 2.45) is 0 Å². The summed E-state index contributed by atoms with van der Waals surface area (Å²) in [5.41, 5.74) is 1.59. The van der Waals surface area contributed by atoms with Gasteiger partial charge in [-0.1, -0.05) is 42.1 Å². The predicted molar refractivity (Wildman–Crippen MR) is 87.8 cm³/mol. The lowest BCUT2D eigenvalue weighted by atomic mass is 10.1. The summed E-state index contributed by atoms with van der Waals surface area (Å²) in [5, 5.41) is 8.12. The predicted octanol–water partition coefficient (Wildman–Crippen LogP) is 3.20. The zero-order valence-corrected chi connectivity index (χ0v) is 12.8. The molecule has 1 heterocycles. The molecule has 0 aliphatic carbocycles. The smallest absolute Gasteiger partial charge is 0.335 e. The number of carboxylic acids is 1. The van der Waals surface area contributed by atoms with Gasteiger partial charge in [0.05, 0.1) is 16.5 Å². The maximum Gasteiger partial charge on any atom is 0.335 e. The Hall–Kier alpha value is -2.60. The average Bonchev–Trinajstić information content (AvgIpc) is 2.82. The highest BCUT2D eigenvalue weighted by Gasteiger charge is 2.40. The molecule has 2 aromatic rings. The number of imide groups is 1. The summed E-state index contributed by atoms with van der Waals surface area (Å²) in [6.07, 6.45) is 0.387. The minimum Gasteiger partial charge on any atom is -0.478 e. The number of carbonyl (C=O) groups is 3. The molecule has 116 valence electrons. The van der Waals surface area contributed by atoms with E-state index in [9.17, 15) is 14.4 Å². The quantitative estimate of drug-likeness (QED) is 0.933. The van der Waals surface area contributed by atoms with Gasteiger partial charge >= 0.3 is 5.97 Å². The first-order valence-corrected chi connectivity index (χ1v) is 7.86. The fourth-order valence-corrected chi connectivity index (χ4v) is 3.42. The third-order valence-corrected chi connectivity index (χ3v) is 4.59. The van der Waals surface area contributed by atoms with Crippen molar-refractivity contribution in [2.45, 2.75) is 11.7 Å². The van der Waals surface area contributed by atoms with Crippen LogP contribution < -0.4 is 4.90 Å². The van der Waals surface area contributed by atoms with Gasteiger partial charge in [0.2, 0.25) is 5.91 Å². The molecule has 0 bridgehead atoms. The summed E-state index contributed by atoms with van der Waals surface area (Å²) in [4.78, 5) is 36.6. The van der Waals surface area contributed by atoms with Crippen LogP contribution in [-0.4, -0.2) is 27.5 Å². The Bertz CT molecular complexity index is 758. The van der Waals surface area contributed by atoms with Crippen molar-refractivity contribution in [2.75, 3.05) is 4.90 Å². The molecule has 6 heteroatoms. The average molecular weight is 327 g/mol. The third kappa shape index (κ3) is 3.12. The van der Waals surface area contributed by atoms with Crippen LogP contribution in [0.25, 0.3) is 0 Å². The van der Waals surface area contributed by atoms with Crippen LogP contribution >= 0.6 is 11.8 Å².